The van der Waals surface area contributed by atoms with E-state index in [1.54, 1.807) is 6.92 Å². The van der Waals surface area contributed by atoms with Crippen LogP contribution in [0.2, 0.25) is 0 Å². The first-order valence-corrected chi connectivity index (χ1v) is 9.60. The molecule has 6 heteroatoms. The lowest BCUT2D eigenvalue weighted by Crippen LogP contribution is -2.26. The highest BCUT2D eigenvalue weighted by atomic mass is 32.2. The maximum absolute atomic E-state index is 13.2. The van der Waals surface area contributed by atoms with Crippen LogP contribution < -0.4 is 4.72 Å². The van der Waals surface area contributed by atoms with E-state index in [-0.39, 0.29) is 11.4 Å². The SMILES string of the molecule is Cc1ccc2[nH]c(C)c(CCNS(=O)(=O)c3ccc(F)cc3C)c2c1. The van der Waals surface area contributed by atoms with Crippen LogP contribution in [0.3, 0.4) is 0 Å². The standard InChI is InChI=1S/C19H21FN2O2S/c1-12-4-6-18-17(10-12)16(14(3)22-18)8-9-21-25(23,24)19-7-5-15(20)11-13(19)2/h4-7,10-11,21-22H,8-9H2,1-3H3. The zero-order valence-electron chi connectivity index (χ0n) is 14.5. The predicted molar refractivity (Wildman–Crippen MR) is 97.8 cm³/mol. The van der Waals surface area contributed by atoms with E-state index >= 15 is 0 Å². The molecule has 2 N–H and O–H groups in total. The monoisotopic (exact) mass is 360 g/mol. The van der Waals surface area contributed by atoms with Gasteiger partial charge in [-0.05, 0) is 68.7 Å². The Kier molecular flexibility index (Phi) is 4.67. The van der Waals surface area contributed by atoms with Gasteiger partial charge in [0, 0.05) is 23.1 Å². The van der Waals surface area contributed by atoms with Crippen molar-refractivity contribution in [2.24, 2.45) is 0 Å². The summed E-state index contributed by atoms with van der Waals surface area (Å²) in [7, 11) is -3.66. The number of fused-ring (bicyclic) bond motifs is 1. The summed E-state index contributed by atoms with van der Waals surface area (Å²) >= 11 is 0. The fourth-order valence-corrected chi connectivity index (χ4v) is 4.38. The normalized spacial score (nSPS) is 12.0. The maximum Gasteiger partial charge on any atom is 0.240 e. The Balaban J connectivity index is 1.79. The molecule has 0 fully saturated rings. The summed E-state index contributed by atoms with van der Waals surface area (Å²) in [6.45, 7) is 5.89. The molecule has 0 bridgehead atoms. The highest BCUT2D eigenvalue weighted by molar-refractivity contribution is 7.89. The Morgan fingerprint density at radius 3 is 2.56 bits per heavy atom. The lowest BCUT2D eigenvalue weighted by Gasteiger charge is -2.09. The van der Waals surface area contributed by atoms with Gasteiger partial charge in [-0.3, -0.25) is 0 Å². The molecule has 1 aromatic heterocycles. The molecule has 0 aliphatic heterocycles. The van der Waals surface area contributed by atoms with Crippen molar-refractivity contribution in [3.05, 3.63) is 64.6 Å². The van der Waals surface area contributed by atoms with Gasteiger partial charge in [-0.25, -0.2) is 17.5 Å². The molecule has 0 aliphatic carbocycles. The van der Waals surface area contributed by atoms with Gasteiger partial charge in [0.25, 0.3) is 0 Å². The number of benzene rings is 2. The summed E-state index contributed by atoms with van der Waals surface area (Å²) < 4.78 is 40.7. The second kappa shape index (κ2) is 6.61. The fourth-order valence-electron chi connectivity index (χ4n) is 3.12. The molecule has 132 valence electrons. The topological polar surface area (TPSA) is 62.0 Å². The van der Waals surface area contributed by atoms with Gasteiger partial charge in [0.15, 0.2) is 0 Å². The first kappa shape index (κ1) is 17.6. The molecule has 2 aromatic carbocycles. The molecule has 0 unspecified atom stereocenters. The van der Waals surface area contributed by atoms with Crippen molar-refractivity contribution in [2.75, 3.05) is 6.54 Å². The number of halogens is 1. The number of aryl methyl sites for hydroxylation is 3. The average molecular weight is 360 g/mol. The minimum absolute atomic E-state index is 0.111. The minimum atomic E-state index is -3.66. The molecule has 0 atom stereocenters. The molecule has 25 heavy (non-hydrogen) atoms. The Labute approximate surface area is 147 Å². The second-order valence-corrected chi connectivity index (χ2v) is 8.07. The summed E-state index contributed by atoms with van der Waals surface area (Å²) in [6.07, 6.45) is 0.578. The highest BCUT2D eigenvalue weighted by Crippen LogP contribution is 2.24. The maximum atomic E-state index is 13.2. The van der Waals surface area contributed by atoms with Crippen molar-refractivity contribution in [3.8, 4) is 0 Å². The molecule has 0 radical (unpaired) electrons. The Bertz CT molecular complexity index is 1040. The number of rotatable bonds is 5. The molecule has 0 spiro atoms. The number of hydrogen-bond acceptors (Lipinski definition) is 2. The number of hydrogen-bond donors (Lipinski definition) is 2. The molecule has 0 amide bonds. The Hall–Kier alpha value is -2.18. The zero-order valence-corrected chi connectivity index (χ0v) is 15.3. The molecule has 3 aromatic rings. The van der Waals surface area contributed by atoms with Gasteiger partial charge in [-0.1, -0.05) is 11.6 Å². The van der Waals surface area contributed by atoms with Crippen LogP contribution in [0.4, 0.5) is 4.39 Å². The van der Waals surface area contributed by atoms with Crippen molar-refractivity contribution < 1.29 is 12.8 Å². The third-order valence-electron chi connectivity index (χ3n) is 4.37. The van der Waals surface area contributed by atoms with Crippen LogP contribution in [0, 0.1) is 26.6 Å². The van der Waals surface area contributed by atoms with Gasteiger partial charge in [-0.15, -0.1) is 0 Å². The molecule has 3 rings (SSSR count). The number of nitrogens with one attached hydrogen (secondary N) is 2. The van der Waals surface area contributed by atoms with Crippen LogP contribution in [0.5, 0.6) is 0 Å². The van der Waals surface area contributed by atoms with E-state index in [1.165, 1.54) is 12.1 Å². The first-order chi connectivity index (χ1) is 11.8. The van der Waals surface area contributed by atoms with Crippen molar-refractivity contribution in [3.63, 3.8) is 0 Å². The second-order valence-electron chi connectivity index (χ2n) is 6.34. The van der Waals surface area contributed by atoms with Crippen molar-refractivity contribution in [1.29, 1.82) is 0 Å². The van der Waals surface area contributed by atoms with E-state index in [9.17, 15) is 12.8 Å². The quantitative estimate of drug-likeness (QED) is 0.728. The molecule has 1 heterocycles. The summed E-state index contributed by atoms with van der Waals surface area (Å²) in [5.41, 5.74) is 4.76. The predicted octanol–water partition coefficient (Wildman–Crippen LogP) is 3.75. The molecular formula is C19H21FN2O2S. The van der Waals surface area contributed by atoms with Crippen LogP contribution in [0.1, 0.15) is 22.4 Å². The van der Waals surface area contributed by atoms with Crippen molar-refractivity contribution in [1.82, 2.24) is 9.71 Å². The highest BCUT2D eigenvalue weighted by Gasteiger charge is 2.17. The van der Waals surface area contributed by atoms with Gasteiger partial charge in [0.05, 0.1) is 4.90 Å². The molecule has 0 saturated carbocycles. The fraction of sp³-hybridized carbons (Fsp3) is 0.263. The summed E-state index contributed by atoms with van der Waals surface area (Å²) in [4.78, 5) is 3.44. The number of H-pyrrole nitrogens is 1. The van der Waals surface area contributed by atoms with E-state index in [2.05, 4.69) is 15.8 Å². The zero-order chi connectivity index (χ0) is 18.2. The van der Waals surface area contributed by atoms with E-state index in [0.29, 0.717) is 12.0 Å². The molecule has 0 saturated heterocycles. The molecular weight excluding hydrogens is 339 g/mol. The Morgan fingerprint density at radius 1 is 1.08 bits per heavy atom. The van der Waals surface area contributed by atoms with Crippen molar-refractivity contribution >= 4 is 20.9 Å². The lowest BCUT2D eigenvalue weighted by atomic mass is 10.1. The van der Waals surface area contributed by atoms with E-state index in [0.717, 1.165) is 33.8 Å². The van der Waals surface area contributed by atoms with E-state index in [4.69, 9.17) is 0 Å². The van der Waals surface area contributed by atoms with Gasteiger partial charge in [-0.2, -0.15) is 0 Å². The first-order valence-electron chi connectivity index (χ1n) is 8.11. The number of sulfonamides is 1. The van der Waals surface area contributed by atoms with Gasteiger partial charge in [0.1, 0.15) is 5.82 Å². The Morgan fingerprint density at radius 2 is 1.84 bits per heavy atom. The van der Waals surface area contributed by atoms with Crippen LogP contribution >= 0.6 is 0 Å². The van der Waals surface area contributed by atoms with Gasteiger partial charge in [0.2, 0.25) is 10.0 Å². The van der Waals surface area contributed by atoms with E-state index < -0.39 is 15.8 Å². The minimum Gasteiger partial charge on any atom is -0.358 e. The third-order valence-corrected chi connectivity index (χ3v) is 5.99. The molecule has 4 nitrogen and oxygen atoms in total. The summed E-state index contributed by atoms with van der Waals surface area (Å²) in [5, 5.41) is 1.12. The largest absolute Gasteiger partial charge is 0.358 e. The van der Waals surface area contributed by atoms with Crippen molar-refractivity contribution in [2.45, 2.75) is 32.1 Å². The summed E-state index contributed by atoms with van der Waals surface area (Å²) in [5.74, 6) is -0.443. The van der Waals surface area contributed by atoms with Crippen LogP contribution in [0.15, 0.2) is 41.3 Å². The van der Waals surface area contributed by atoms with Crippen LogP contribution in [-0.2, 0) is 16.4 Å². The van der Waals surface area contributed by atoms with E-state index in [1.807, 2.05) is 26.0 Å². The van der Waals surface area contributed by atoms with Gasteiger partial charge < -0.3 is 4.98 Å². The lowest BCUT2D eigenvalue weighted by molar-refractivity contribution is 0.580. The van der Waals surface area contributed by atoms with Gasteiger partial charge >= 0.3 is 0 Å². The molecule has 0 aliphatic rings. The van der Waals surface area contributed by atoms with Crippen LogP contribution in [-0.4, -0.2) is 19.9 Å². The number of aromatic amines is 1. The number of aromatic nitrogens is 1. The smallest absolute Gasteiger partial charge is 0.240 e. The summed E-state index contributed by atoms with van der Waals surface area (Å²) in [6, 6.07) is 9.87. The average Bonchev–Trinajstić information content (AvgIpc) is 2.82. The van der Waals surface area contributed by atoms with Crippen LogP contribution in [0.25, 0.3) is 10.9 Å². The third kappa shape index (κ3) is 3.60.